The van der Waals surface area contributed by atoms with E-state index in [0.29, 0.717) is 0 Å². The predicted molar refractivity (Wildman–Crippen MR) is 146 cm³/mol. The Kier molecular flexibility index (Phi) is 14.8. The molecule has 0 aliphatic rings. The Morgan fingerprint density at radius 1 is 0.697 bits per heavy atom. The first-order chi connectivity index (χ1) is 15.4. The summed E-state index contributed by atoms with van der Waals surface area (Å²) in [4.78, 5) is 15.4. The van der Waals surface area contributed by atoms with Gasteiger partial charge >= 0.3 is 0 Å². The van der Waals surface area contributed by atoms with Crippen LogP contribution in [0.25, 0.3) is 0 Å². The van der Waals surface area contributed by atoms with Crippen molar-refractivity contribution in [1.82, 2.24) is 4.90 Å². The average molecular weight is 667 g/mol. The fraction of sp³-hybridized carbons (Fsp3) is 0.440. The molecule has 185 valence electrons. The third kappa shape index (κ3) is 11.7. The maximum atomic E-state index is 5.34. The van der Waals surface area contributed by atoms with E-state index >= 15 is 0 Å². The van der Waals surface area contributed by atoms with Crippen molar-refractivity contribution in [2.24, 2.45) is 9.98 Å². The quantitative estimate of drug-likeness (QED) is 0.128. The maximum absolute atomic E-state index is 5.34. The molecule has 0 aromatic heterocycles. The summed E-state index contributed by atoms with van der Waals surface area (Å²) < 4.78 is -0.277. The Hall–Kier alpha value is -1.22. The van der Waals surface area contributed by atoms with E-state index in [0.717, 1.165) is 50.1 Å². The van der Waals surface area contributed by atoms with Crippen LogP contribution in [0.2, 0.25) is 0 Å². The molecule has 0 fully saturated rings. The van der Waals surface area contributed by atoms with Gasteiger partial charge in [0.2, 0.25) is 0 Å². The van der Waals surface area contributed by atoms with Gasteiger partial charge in [0, 0.05) is 74.4 Å². The molecule has 33 heavy (non-hydrogen) atoms. The van der Waals surface area contributed by atoms with Crippen LogP contribution in [0.15, 0.2) is 58.5 Å². The molecule has 0 aliphatic carbocycles. The van der Waals surface area contributed by atoms with Gasteiger partial charge in [-0.3, -0.25) is 9.98 Å². The van der Waals surface area contributed by atoms with Gasteiger partial charge in [0.05, 0.1) is 11.4 Å². The minimum atomic E-state index is -0.277. The number of benzene rings is 2. The van der Waals surface area contributed by atoms with Crippen molar-refractivity contribution in [3.8, 4) is 0 Å². The minimum absolute atomic E-state index is 0. The summed E-state index contributed by atoms with van der Waals surface area (Å²) in [7, 11) is 8.14. The topological polar surface area (TPSA) is 34.4 Å². The number of rotatable bonds is 13. The third-order valence-electron chi connectivity index (χ3n) is 5.07. The molecule has 0 N–H and O–H groups in total. The van der Waals surface area contributed by atoms with E-state index in [-0.39, 0.29) is 27.1 Å². The molecule has 1 radical (unpaired) electrons. The smallest absolute Gasteiger partial charge is 0.0627 e. The molecule has 0 spiro atoms. The molecule has 2 rings (SSSR count). The molecule has 0 amide bonds. The van der Waals surface area contributed by atoms with Crippen molar-refractivity contribution in [1.29, 1.82) is 0 Å². The molecule has 2 aromatic carbocycles. The Bertz CT molecular complexity index is 769. The summed E-state index contributed by atoms with van der Waals surface area (Å²) in [6.45, 7) is 1.79. The van der Waals surface area contributed by atoms with E-state index in [2.05, 4.69) is 49.0 Å². The van der Waals surface area contributed by atoms with Crippen LogP contribution in [0, 0.1) is 0 Å². The van der Waals surface area contributed by atoms with Gasteiger partial charge < -0.3 is 40.0 Å². The molecule has 5 nitrogen and oxygen atoms in total. The standard InChI is InChI=1S/C25H37N5S2.Au/c1-28(2)23-13-9-21(10-14-23)26-17-5-7-19-30(25(31)32)20-8-6-18-27-22-11-15-24(16-12-22)29(3)4;/h9-18,25,31-32H,5-8,19-20H2,1-4H3;/p-2. The summed E-state index contributed by atoms with van der Waals surface area (Å²) >= 11 is 10.7. The third-order valence-corrected chi connectivity index (χ3v) is 5.66. The van der Waals surface area contributed by atoms with Crippen molar-refractivity contribution in [3.63, 3.8) is 0 Å². The summed E-state index contributed by atoms with van der Waals surface area (Å²) in [5.74, 6) is 0. The van der Waals surface area contributed by atoms with Gasteiger partial charge in [0.15, 0.2) is 0 Å². The summed E-state index contributed by atoms with van der Waals surface area (Å²) in [6, 6.07) is 16.5. The Balaban J connectivity index is 0.00000544. The summed E-state index contributed by atoms with van der Waals surface area (Å²) in [6.07, 6.45) is 7.78. The number of hydrogen-bond donors (Lipinski definition) is 0. The van der Waals surface area contributed by atoms with Gasteiger partial charge in [-0.1, -0.05) is 0 Å². The number of aliphatic imine (C=N–C) groups is 2. The summed E-state index contributed by atoms with van der Waals surface area (Å²) in [5, 5.41) is 0. The first-order valence-electron chi connectivity index (χ1n) is 11.0. The number of anilines is 2. The Labute approximate surface area is 226 Å². The molecule has 0 unspecified atom stereocenters. The Morgan fingerprint density at radius 3 is 1.36 bits per heavy atom. The first kappa shape index (κ1) is 29.8. The van der Waals surface area contributed by atoms with Crippen molar-refractivity contribution in [2.75, 3.05) is 51.1 Å². The van der Waals surface area contributed by atoms with Crippen molar-refractivity contribution >= 4 is 60.4 Å². The Morgan fingerprint density at radius 2 is 1.06 bits per heavy atom. The van der Waals surface area contributed by atoms with Crippen LogP contribution in [-0.2, 0) is 47.6 Å². The first-order valence-corrected chi connectivity index (χ1v) is 12.0. The molecular weight excluding hydrogens is 631 g/mol. The fourth-order valence-corrected chi connectivity index (χ4v) is 3.53. The molecular formula is C25H35AuN5S2-2. The van der Waals surface area contributed by atoms with Crippen LogP contribution in [0.4, 0.5) is 22.7 Å². The van der Waals surface area contributed by atoms with E-state index in [4.69, 9.17) is 25.3 Å². The van der Waals surface area contributed by atoms with Gasteiger partial charge in [-0.05, 0) is 87.3 Å². The van der Waals surface area contributed by atoms with E-state index in [9.17, 15) is 0 Å². The maximum Gasteiger partial charge on any atom is 0.0627 e. The van der Waals surface area contributed by atoms with E-state index in [1.54, 1.807) is 0 Å². The fourth-order valence-electron chi connectivity index (χ4n) is 3.11. The zero-order valence-electron chi connectivity index (χ0n) is 19.9. The van der Waals surface area contributed by atoms with E-state index < -0.39 is 0 Å². The van der Waals surface area contributed by atoms with Gasteiger partial charge in [-0.2, -0.15) is 0 Å². The second kappa shape index (κ2) is 16.4. The molecule has 0 aliphatic heterocycles. The SMILES string of the molecule is CN(C)c1ccc(N=CCCCN(CCCC=Nc2ccc(N(C)C)cc2)C([S-])[S-])cc1.[Au]. The van der Waals surface area contributed by atoms with Crippen LogP contribution in [0.1, 0.15) is 25.7 Å². The van der Waals surface area contributed by atoms with Crippen LogP contribution < -0.4 is 9.80 Å². The largest absolute Gasteiger partial charge is 0.800 e. The number of nitrogens with zero attached hydrogens (tertiary/aromatic N) is 5. The number of hydrogen-bond acceptors (Lipinski definition) is 7. The van der Waals surface area contributed by atoms with Gasteiger partial charge in [-0.15, -0.1) is 0 Å². The van der Waals surface area contributed by atoms with Crippen LogP contribution in [0.5, 0.6) is 0 Å². The molecule has 2 aromatic rings. The molecule has 8 heteroatoms. The van der Waals surface area contributed by atoms with Crippen molar-refractivity contribution in [2.45, 2.75) is 30.4 Å². The van der Waals surface area contributed by atoms with Crippen LogP contribution >= 0.6 is 0 Å². The van der Waals surface area contributed by atoms with Gasteiger partial charge in [0.25, 0.3) is 0 Å². The molecule has 0 saturated heterocycles. The normalized spacial score (nSPS) is 11.5. The monoisotopic (exact) mass is 666 g/mol. The minimum Gasteiger partial charge on any atom is -0.800 e. The molecule has 0 bridgehead atoms. The van der Waals surface area contributed by atoms with Crippen LogP contribution in [-0.4, -0.2) is 63.3 Å². The zero-order chi connectivity index (χ0) is 23.3. The van der Waals surface area contributed by atoms with Gasteiger partial charge in [-0.25, -0.2) is 4.71 Å². The summed E-state index contributed by atoms with van der Waals surface area (Å²) in [5.41, 5.74) is 4.31. The predicted octanol–water partition coefficient (Wildman–Crippen LogP) is 5.16. The second-order valence-corrected chi connectivity index (χ2v) is 9.26. The number of unbranched alkanes of at least 4 members (excludes halogenated alkanes) is 2. The van der Waals surface area contributed by atoms with Crippen molar-refractivity contribution < 1.29 is 22.4 Å². The van der Waals surface area contributed by atoms with E-state index in [1.807, 2.05) is 64.9 Å². The molecule has 0 saturated carbocycles. The second-order valence-electron chi connectivity index (χ2n) is 8.07. The van der Waals surface area contributed by atoms with Gasteiger partial charge in [0.1, 0.15) is 0 Å². The van der Waals surface area contributed by atoms with Crippen LogP contribution in [0.3, 0.4) is 0 Å². The average Bonchev–Trinajstić information content (AvgIpc) is 2.77. The van der Waals surface area contributed by atoms with Crippen molar-refractivity contribution in [3.05, 3.63) is 48.5 Å². The molecule has 0 atom stereocenters. The molecule has 0 heterocycles. The zero-order valence-corrected chi connectivity index (χ0v) is 23.7. The van der Waals surface area contributed by atoms with E-state index in [1.165, 1.54) is 11.4 Å².